The average molecular weight is 267 g/mol. The molecule has 1 aromatic rings. The highest BCUT2D eigenvalue weighted by atomic mass is 32.2. The quantitative estimate of drug-likeness (QED) is 0.380. The van der Waals surface area contributed by atoms with Gasteiger partial charge in [0.05, 0.1) is 0 Å². The molecule has 1 rings (SSSR count). The number of nitrogens with two attached hydrogens (primary N) is 1. The lowest BCUT2D eigenvalue weighted by molar-refractivity contribution is -0.139. The summed E-state index contributed by atoms with van der Waals surface area (Å²) in [5.41, 5.74) is 4.92. The maximum Gasteiger partial charge on any atom is 0.372 e. The van der Waals surface area contributed by atoms with Crippen molar-refractivity contribution < 1.29 is 19.1 Å². The molecule has 0 bridgehead atoms. The van der Waals surface area contributed by atoms with Gasteiger partial charge in [0.15, 0.2) is 0 Å². The molecule has 2 N–H and O–H groups in total. The van der Waals surface area contributed by atoms with Crippen LogP contribution in [-0.2, 0) is 14.3 Å². The van der Waals surface area contributed by atoms with Crippen molar-refractivity contribution in [3.63, 3.8) is 0 Å². The van der Waals surface area contributed by atoms with Crippen molar-refractivity contribution in [2.24, 2.45) is 5.73 Å². The first-order valence-corrected chi connectivity index (χ1v) is 5.92. The molecule has 0 aliphatic heterocycles. The highest BCUT2D eigenvalue weighted by Crippen LogP contribution is 2.19. The molecule has 0 atom stereocenters. The molecule has 5 nitrogen and oxygen atoms in total. The van der Waals surface area contributed by atoms with Gasteiger partial charge in [-0.2, -0.15) is 0 Å². The zero-order valence-electron chi connectivity index (χ0n) is 9.63. The number of benzene rings is 1. The third kappa shape index (κ3) is 5.40. The number of hydrogen-bond acceptors (Lipinski definition) is 6. The minimum atomic E-state index is -0.707. The first-order chi connectivity index (χ1) is 8.59. The summed E-state index contributed by atoms with van der Waals surface area (Å²) in [6.45, 7) is 3.15. The second kappa shape index (κ2) is 7.39. The third-order valence-electron chi connectivity index (χ3n) is 1.74. The van der Waals surface area contributed by atoms with Crippen LogP contribution in [0.3, 0.4) is 0 Å². The molecule has 0 heterocycles. The number of rotatable bonds is 5. The molecule has 0 saturated carbocycles. The number of carbonyl (C=O) groups excluding carboxylic acids is 2. The summed E-state index contributed by atoms with van der Waals surface area (Å²) in [5.74, 6) is -0.707. The van der Waals surface area contributed by atoms with Gasteiger partial charge < -0.3 is 15.2 Å². The van der Waals surface area contributed by atoms with Gasteiger partial charge in [0.1, 0.15) is 18.9 Å². The van der Waals surface area contributed by atoms with E-state index in [0.717, 1.165) is 16.7 Å². The van der Waals surface area contributed by atoms with Crippen LogP contribution in [0.5, 0.6) is 0 Å². The van der Waals surface area contributed by atoms with Gasteiger partial charge in [0, 0.05) is 4.90 Å². The van der Waals surface area contributed by atoms with Crippen LogP contribution in [0.15, 0.2) is 47.5 Å². The van der Waals surface area contributed by atoms with Crippen molar-refractivity contribution in [1.82, 2.24) is 0 Å². The van der Waals surface area contributed by atoms with E-state index in [9.17, 15) is 9.59 Å². The van der Waals surface area contributed by atoms with E-state index < -0.39 is 11.3 Å². The van der Waals surface area contributed by atoms with Crippen LogP contribution >= 0.6 is 11.8 Å². The van der Waals surface area contributed by atoms with Crippen LogP contribution in [-0.4, -0.2) is 24.5 Å². The standard InChI is InChI=1S/C12H13NO4S/c1-9(13)11(14)16-7-8-17-12(15)18-10-5-3-2-4-6-10/h2-6H,1,7-8,13H2. The number of hydrogen-bond donors (Lipinski definition) is 1. The van der Waals surface area contributed by atoms with Crippen molar-refractivity contribution >= 4 is 23.0 Å². The second-order valence-corrected chi connectivity index (χ2v) is 4.18. The van der Waals surface area contributed by atoms with Crippen molar-refractivity contribution in [3.05, 3.63) is 42.6 Å². The largest absolute Gasteiger partial charge is 0.457 e. The lowest BCUT2D eigenvalue weighted by Gasteiger charge is -2.05. The molecule has 0 aliphatic carbocycles. The van der Waals surface area contributed by atoms with Crippen molar-refractivity contribution in [2.75, 3.05) is 13.2 Å². The fraction of sp³-hybridized carbons (Fsp3) is 0.167. The van der Waals surface area contributed by atoms with E-state index in [2.05, 4.69) is 11.3 Å². The van der Waals surface area contributed by atoms with Crippen LogP contribution in [0.2, 0.25) is 0 Å². The minimum Gasteiger partial charge on any atom is -0.457 e. The summed E-state index contributed by atoms with van der Waals surface area (Å²) >= 11 is 0.965. The predicted molar refractivity (Wildman–Crippen MR) is 67.9 cm³/mol. The Morgan fingerprint density at radius 2 is 1.78 bits per heavy atom. The summed E-state index contributed by atoms with van der Waals surface area (Å²) in [5, 5.41) is -0.455. The van der Waals surface area contributed by atoms with E-state index in [-0.39, 0.29) is 18.9 Å². The molecule has 1 aromatic carbocycles. The molecule has 96 valence electrons. The minimum absolute atomic E-state index is 0.0162. The zero-order valence-corrected chi connectivity index (χ0v) is 10.4. The van der Waals surface area contributed by atoms with Crippen molar-refractivity contribution in [3.8, 4) is 0 Å². The van der Waals surface area contributed by atoms with E-state index >= 15 is 0 Å². The van der Waals surface area contributed by atoms with Gasteiger partial charge in [-0.25, -0.2) is 9.59 Å². The second-order valence-electron chi connectivity index (χ2n) is 3.17. The Morgan fingerprint density at radius 1 is 1.17 bits per heavy atom. The highest BCUT2D eigenvalue weighted by molar-refractivity contribution is 8.13. The van der Waals surface area contributed by atoms with Gasteiger partial charge in [0.25, 0.3) is 0 Å². The molecule has 0 aromatic heterocycles. The molecule has 18 heavy (non-hydrogen) atoms. The Labute approximate surface area is 109 Å². The fourth-order valence-corrected chi connectivity index (χ4v) is 1.59. The van der Waals surface area contributed by atoms with Crippen LogP contribution in [0.25, 0.3) is 0 Å². The van der Waals surface area contributed by atoms with Crippen LogP contribution < -0.4 is 5.73 Å². The molecule has 0 amide bonds. The Balaban J connectivity index is 2.18. The summed E-state index contributed by atoms with van der Waals surface area (Å²) < 4.78 is 9.51. The number of thioether (sulfide) groups is 1. The molecular formula is C12H13NO4S. The highest BCUT2D eigenvalue weighted by Gasteiger charge is 2.07. The number of esters is 1. The SMILES string of the molecule is C=C(N)C(=O)OCCOC(=O)Sc1ccccc1. The summed E-state index contributed by atoms with van der Waals surface area (Å²) in [6, 6.07) is 9.10. The van der Waals surface area contributed by atoms with Crippen molar-refractivity contribution in [2.45, 2.75) is 4.90 Å². The molecule has 6 heteroatoms. The Bertz CT molecular complexity index is 433. The first-order valence-electron chi connectivity index (χ1n) is 5.11. The molecule has 0 saturated heterocycles. The van der Waals surface area contributed by atoms with Crippen LogP contribution in [0.4, 0.5) is 4.79 Å². The van der Waals surface area contributed by atoms with Gasteiger partial charge >= 0.3 is 11.3 Å². The average Bonchev–Trinajstić information content (AvgIpc) is 2.35. The van der Waals surface area contributed by atoms with Gasteiger partial charge in [-0.15, -0.1) is 0 Å². The van der Waals surface area contributed by atoms with Crippen molar-refractivity contribution in [1.29, 1.82) is 0 Å². The fourth-order valence-electron chi connectivity index (χ4n) is 0.966. The van der Waals surface area contributed by atoms with Gasteiger partial charge in [-0.05, 0) is 23.9 Å². The molecule has 0 fully saturated rings. The van der Waals surface area contributed by atoms with E-state index in [0.29, 0.717) is 0 Å². The zero-order chi connectivity index (χ0) is 13.4. The molecular weight excluding hydrogens is 254 g/mol. The maximum atomic E-state index is 11.3. The van der Waals surface area contributed by atoms with Gasteiger partial charge in [0.2, 0.25) is 0 Å². The van der Waals surface area contributed by atoms with E-state index in [1.807, 2.05) is 18.2 Å². The van der Waals surface area contributed by atoms with Crippen LogP contribution in [0, 0.1) is 0 Å². The Morgan fingerprint density at radius 3 is 2.39 bits per heavy atom. The maximum absolute atomic E-state index is 11.3. The lowest BCUT2D eigenvalue weighted by atomic mass is 10.4. The molecule has 0 spiro atoms. The first kappa shape index (κ1) is 14.1. The summed E-state index contributed by atoms with van der Waals surface area (Å²) in [7, 11) is 0. The third-order valence-corrected chi connectivity index (χ3v) is 2.54. The smallest absolute Gasteiger partial charge is 0.372 e. The summed E-state index contributed by atoms with van der Waals surface area (Å²) in [4.78, 5) is 23.0. The topological polar surface area (TPSA) is 78.6 Å². The van der Waals surface area contributed by atoms with E-state index in [4.69, 9.17) is 10.5 Å². The van der Waals surface area contributed by atoms with Crippen LogP contribution in [0.1, 0.15) is 0 Å². The predicted octanol–water partition coefficient (Wildman–Crippen LogP) is 1.93. The Hall–Kier alpha value is -1.95. The van der Waals surface area contributed by atoms with Gasteiger partial charge in [-0.3, -0.25) is 0 Å². The number of carbonyl (C=O) groups is 2. The molecule has 0 radical (unpaired) electrons. The van der Waals surface area contributed by atoms with Gasteiger partial charge in [-0.1, -0.05) is 24.8 Å². The number of ether oxygens (including phenoxy) is 2. The van der Waals surface area contributed by atoms with E-state index in [1.165, 1.54) is 0 Å². The normalized spacial score (nSPS) is 9.56. The summed E-state index contributed by atoms with van der Waals surface area (Å²) in [6.07, 6.45) is 0. The molecule has 0 unspecified atom stereocenters. The lowest BCUT2D eigenvalue weighted by Crippen LogP contribution is -2.16. The monoisotopic (exact) mass is 267 g/mol. The van der Waals surface area contributed by atoms with E-state index in [1.54, 1.807) is 12.1 Å². The molecule has 0 aliphatic rings. The Kier molecular flexibility index (Phi) is 5.79.